The molecule has 28 heavy (non-hydrogen) atoms. The van der Waals surface area contributed by atoms with Gasteiger partial charge in [-0.05, 0) is 38.2 Å². The van der Waals surface area contributed by atoms with Crippen molar-refractivity contribution in [3.05, 3.63) is 23.9 Å². The molecule has 2 rings (SSSR count). The first-order valence-corrected chi connectivity index (χ1v) is 10.2. The third-order valence-electron chi connectivity index (χ3n) is 4.71. The third-order valence-corrected chi connectivity index (χ3v) is 4.71. The Morgan fingerprint density at radius 3 is 2.79 bits per heavy atom. The van der Waals surface area contributed by atoms with Crippen molar-refractivity contribution in [1.29, 1.82) is 0 Å². The molecule has 1 fully saturated rings. The standard InChI is InChI=1S/C21H36N4O2.HI/c1-6-22-20(25-15-17-10-8-12-23-19(17)26-7-2)24-14-16-11-9-13-27-18(16)21(3,4)5;/h8,10,12,16,18H,6-7,9,11,13-15H2,1-5H3,(H2,22,24,25);1H. The molecule has 0 amide bonds. The van der Waals surface area contributed by atoms with Crippen molar-refractivity contribution in [2.45, 2.75) is 60.1 Å². The molecule has 2 N–H and O–H groups in total. The summed E-state index contributed by atoms with van der Waals surface area (Å²) in [5.74, 6) is 1.97. The fourth-order valence-corrected chi connectivity index (χ4v) is 3.55. The van der Waals surface area contributed by atoms with Crippen molar-refractivity contribution in [2.75, 3.05) is 26.3 Å². The number of hydrogen-bond donors (Lipinski definition) is 2. The van der Waals surface area contributed by atoms with Gasteiger partial charge in [-0.1, -0.05) is 26.8 Å². The minimum atomic E-state index is 0. The normalized spacial score (nSPS) is 20.2. The van der Waals surface area contributed by atoms with Crippen LogP contribution < -0.4 is 15.4 Å². The van der Waals surface area contributed by atoms with E-state index >= 15 is 0 Å². The van der Waals surface area contributed by atoms with Gasteiger partial charge in [-0.2, -0.15) is 0 Å². The maximum absolute atomic E-state index is 6.09. The maximum Gasteiger partial charge on any atom is 0.218 e. The zero-order valence-electron chi connectivity index (χ0n) is 18.0. The van der Waals surface area contributed by atoms with Crippen LogP contribution in [0.15, 0.2) is 23.3 Å². The molecule has 0 aliphatic carbocycles. The molecule has 1 aromatic rings. The predicted molar refractivity (Wildman–Crippen MR) is 126 cm³/mol. The smallest absolute Gasteiger partial charge is 0.218 e. The van der Waals surface area contributed by atoms with Gasteiger partial charge in [0.2, 0.25) is 5.88 Å². The van der Waals surface area contributed by atoms with Crippen LogP contribution in [0.4, 0.5) is 0 Å². The van der Waals surface area contributed by atoms with Crippen molar-refractivity contribution in [1.82, 2.24) is 15.6 Å². The van der Waals surface area contributed by atoms with Crippen LogP contribution >= 0.6 is 24.0 Å². The molecule has 1 aromatic heterocycles. The highest BCUT2D eigenvalue weighted by Crippen LogP contribution is 2.33. The summed E-state index contributed by atoms with van der Waals surface area (Å²) >= 11 is 0. The largest absolute Gasteiger partial charge is 0.478 e. The van der Waals surface area contributed by atoms with Crippen molar-refractivity contribution in [2.24, 2.45) is 16.3 Å². The number of guanidine groups is 1. The molecule has 2 unspecified atom stereocenters. The summed E-state index contributed by atoms with van der Waals surface area (Å²) in [5.41, 5.74) is 1.13. The molecular weight excluding hydrogens is 467 g/mol. The van der Waals surface area contributed by atoms with Gasteiger partial charge in [0.05, 0.1) is 19.3 Å². The molecule has 1 aliphatic heterocycles. The fourth-order valence-electron chi connectivity index (χ4n) is 3.55. The highest BCUT2D eigenvalue weighted by Gasteiger charge is 2.35. The number of rotatable bonds is 7. The first-order chi connectivity index (χ1) is 13.0. The number of hydrogen-bond acceptors (Lipinski definition) is 4. The average Bonchev–Trinajstić information content (AvgIpc) is 2.65. The summed E-state index contributed by atoms with van der Waals surface area (Å²) in [7, 11) is 0. The van der Waals surface area contributed by atoms with E-state index in [0.717, 1.165) is 37.6 Å². The van der Waals surface area contributed by atoms with E-state index < -0.39 is 0 Å². The number of aromatic nitrogens is 1. The minimum absolute atomic E-state index is 0. The van der Waals surface area contributed by atoms with Crippen molar-refractivity contribution in [3.8, 4) is 5.88 Å². The SMILES string of the molecule is CCNC(=NCc1cccnc1OCC)NCC1CCCOC1C(C)(C)C.I. The number of halogens is 1. The van der Waals surface area contributed by atoms with E-state index in [1.165, 1.54) is 6.42 Å². The molecular formula is C21H37IN4O2. The zero-order chi connectivity index (χ0) is 19.7. The average molecular weight is 504 g/mol. The quantitative estimate of drug-likeness (QED) is 0.334. The lowest BCUT2D eigenvalue weighted by molar-refractivity contribution is -0.0835. The number of nitrogens with zero attached hydrogens (tertiary/aromatic N) is 2. The third kappa shape index (κ3) is 7.73. The van der Waals surface area contributed by atoms with E-state index in [4.69, 9.17) is 14.5 Å². The van der Waals surface area contributed by atoms with E-state index in [9.17, 15) is 0 Å². The molecule has 0 saturated carbocycles. The molecule has 2 heterocycles. The summed E-state index contributed by atoms with van der Waals surface area (Å²) in [6.07, 6.45) is 4.33. The van der Waals surface area contributed by atoms with Gasteiger partial charge in [-0.3, -0.25) is 0 Å². The van der Waals surface area contributed by atoms with E-state index in [0.29, 0.717) is 24.9 Å². The Bertz CT molecular complexity index is 604. The van der Waals surface area contributed by atoms with E-state index in [-0.39, 0.29) is 35.5 Å². The molecule has 1 saturated heterocycles. The van der Waals surface area contributed by atoms with E-state index in [2.05, 4.69) is 43.3 Å². The fraction of sp³-hybridized carbons (Fsp3) is 0.714. The first-order valence-electron chi connectivity index (χ1n) is 10.2. The second kappa shape index (κ2) is 12.5. The predicted octanol–water partition coefficient (Wildman–Crippen LogP) is 3.99. The van der Waals surface area contributed by atoms with Crippen LogP contribution in [0.5, 0.6) is 5.88 Å². The summed E-state index contributed by atoms with van der Waals surface area (Å²) in [6.45, 7) is 14.5. The molecule has 2 atom stereocenters. The second-order valence-electron chi connectivity index (χ2n) is 8.04. The number of pyridine rings is 1. The summed E-state index contributed by atoms with van der Waals surface area (Å²) in [5, 5.41) is 6.85. The Kier molecular flexibility index (Phi) is 11.1. The van der Waals surface area contributed by atoms with E-state index in [1.54, 1.807) is 6.20 Å². The van der Waals surface area contributed by atoms with Crippen LogP contribution in [-0.4, -0.2) is 43.4 Å². The van der Waals surface area contributed by atoms with Gasteiger partial charge in [-0.25, -0.2) is 9.98 Å². The van der Waals surface area contributed by atoms with Crippen LogP contribution in [0.3, 0.4) is 0 Å². The Balaban J connectivity index is 0.00000392. The number of ether oxygens (including phenoxy) is 2. The van der Waals surface area contributed by atoms with Gasteiger partial charge in [-0.15, -0.1) is 24.0 Å². The van der Waals surface area contributed by atoms with Crippen LogP contribution in [-0.2, 0) is 11.3 Å². The lowest BCUT2D eigenvalue weighted by Gasteiger charge is -2.40. The summed E-state index contributed by atoms with van der Waals surface area (Å²) in [6, 6.07) is 3.93. The van der Waals surface area contributed by atoms with Crippen LogP contribution in [0.25, 0.3) is 0 Å². The van der Waals surface area contributed by atoms with Gasteiger partial charge in [0.15, 0.2) is 5.96 Å². The molecule has 0 radical (unpaired) electrons. The zero-order valence-corrected chi connectivity index (χ0v) is 20.3. The molecule has 0 spiro atoms. The van der Waals surface area contributed by atoms with Crippen LogP contribution in [0.2, 0.25) is 0 Å². The van der Waals surface area contributed by atoms with Gasteiger partial charge in [0, 0.05) is 37.4 Å². The maximum atomic E-state index is 6.09. The topological polar surface area (TPSA) is 67.8 Å². The Labute approximate surface area is 187 Å². The summed E-state index contributed by atoms with van der Waals surface area (Å²) in [4.78, 5) is 9.03. The minimum Gasteiger partial charge on any atom is -0.478 e. The Morgan fingerprint density at radius 1 is 1.32 bits per heavy atom. The molecule has 1 aliphatic rings. The number of aliphatic imine (C=N–C) groups is 1. The van der Waals surface area contributed by atoms with Gasteiger partial charge >= 0.3 is 0 Å². The summed E-state index contributed by atoms with van der Waals surface area (Å²) < 4.78 is 11.7. The first kappa shape index (κ1) is 24.9. The Hall–Kier alpha value is -1.09. The molecule has 6 nitrogen and oxygen atoms in total. The highest BCUT2D eigenvalue weighted by molar-refractivity contribution is 14.0. The van der Waals surface area contributed by atoms with E-state index in [1.807, 2.05) is 19.1 Å². The van der Waals surface area contributed by atoms with Crippen molar-refractivity contribution < 1.29 is 9.47 Å². The van der Waals surface area contributed by atoms with Gasteiger partial charge < -0.3 is 20.1 Å². The second-order valence-corrected chi connectivity index (χ2v) is 8.04. The molecule has 0 aromatic carbocycles. The van der Waals surface area contributed by atoms with Crippen molar-refractivity contribution in [3.63, 3.8) is 0 Å². The molecule has 0 bridgehead atoms. The van der Waals surface area contributed by atoms with Gasteiger partial charge in [0.25, 0.3) is 0 Å². The monoisotopic (exact) mass is 504 g/mol. The van der Waals surface area contributed by atoms with Gasteiger partial charge in [0.1, 0.15) is 0 Å². The van der Waals surface area contributed by atoms with Crippen molar-refractivity contribution >= 4 is 29.9 Å². The number of nitrogens with one attached hydrogen (secondary N) is 2. The lowest BCUT2D eigenvalue weighted by Crippen LogP contribution is -2.47. The molecule has 7 heteroatoms. The van der Waals surface area contributed by atoms with Crippen LogP contribution in [0, 0.1) is 11.3 Å². The molecule has 160 valence electrons. The Morgan fingerprint density at radius 2 is 2.11 bits per heavy atom. The lowest BCUT2D eigenvalue weighted by atomic mass is 9.78. The highest BCUT2D eigenvalue weighted by atomic mass is 127. The van der Waals surface area contributed by atoms with Crippen LogP contribution in [0.1, 0.15) is 53.0 Å².